The molecule has 1 atom stereocenters. The van der Waals surface area contributed by atoms with Crippen LogP contribution in [-0.2, 0) is 0 Å². The molecule has 0 spiro atoms. The van der Waals surface area contributed by atoms with Crippen LogP contribution in [0.3, 0.4) is 0 Å². The van der Waals surface area contributed by atoms with Gasteiger partial charge in [0.2, 0.25) is 0 Å². The van der Waals surface area contributed by atoms with Crippen molar-refractivity contribution in [2.45, 2.75) is 13.0 Å². The topological polar surface area (TPSA) is 38.7 Å². The Bertz CT molecular complexity index is 299. The molecule has 0 radical (unpaired) electrons. The fourth-order valence-electron chi connectivity index (χ4n) is 0.936. The van der Waals surface area contributed by atoms with Crippen LogP contribution < -0.4 is 9.47 Å². The Balaban J connectivity index is 2.69. The van der Waals surface area contributed by atoms with Gasteiger partial charge in [0, 0.05) is 0 Å². The first-order valence-electron chi connectivity index (χ1n) is 4.28. The normalized spacial score (nSPS) is 12.3. The zero-order valence-corrected chi connectivity index (χ0v) is 9.74. The maximum atomic E-state index is 9.04. The van der Waals surface area contributed by atoms with E-state index in [2.05, 4.69) is 15.9 Å². The van der Waals surface area contributed by atoms with Crippen LogP contribution in [0.4, 0.5) is 0 Å². The van der Waals surface area contributed by atoms with E-state index in [4.69, 9.17) is 14.6 Å². The first-order chi connectivity index (χ1) is 6.63. The van der Waals surface area contributed by atoms with Crippen molar-refractivity contribution in [3.05, 3.63) is 22.7 Å². The van der Waals surface area contributed by atoms with Crippen molar-refractivity contribution in [1.29, 1.82) is 0 Å². The molecule has 0 aliphatic rings. The molecule has 78 valence electrons. The van der Waals surface area contributed by atoms with Gasteiger partial charge in [0.05, 0.1) is 17.7 Å². The summed E-state index contributed by atoms with van der Waals surface area (Å²) < 4.78 is 11.2. The molecule has 0 aliphatic carbocycles. The van der Waals surface area contributed by atoms with Crippen LogP contribution in [0.5, 0.6) is 11.5 Å². The molecule has 1 aromatic carbocycles. The van der Waals surface area contributed by atoms with Crippen molar-refractivity contribution in [1.82, 2.24) is 0 Å². The molecule has 14 heavy (non-hydrogen) atoms. The van der Waals surface area contributed by atoms with Crippen LogP contribution in [0.15, 0.2) is 22.7 Å². The summed E-state index contributed by atoms with van der Waals surface area (Å²) in [6.45, 7) is 1.96. The molecule has 0 aromatic heterocycles. The molecule has 0 unspecified atom stereocenters. The fourth-order valence-corrected chi connectivity index (χ4v) is 1.41. The van der Waals surface area contributed by atoms with Crippen LogP contribution in [0.25, 0.3) is 0 Å². The summed E-state index contributed by atoms with van der Waals surface area (Å²) in [4.78, 5) is 0. The summed E-state index contributed by atoms with van der Waals surface area (Å²) in [7, 11) is 1.61. The van der Waals surface area contributed by atoms with Crippen LogP contribution in [0.1, 0.15) is 6.92 Å². The van der Waals surface area contributed by atoms with E-state index < -0.39 is 6.10 Å². The van der Waals surface area contributed by atoms with Gasteiger partial charge in [0.25, 0.3) is 0 Å². The van der Waals surface area contributed by atoms with Gasteiger partial charge in [-0.25, -0.2) is 0 Å². The fraction of sp³-hybridized carbons (Fsp3) is 0.400. The summed E-state index contributed by atoms with van der Waals surface area (Å²) in [5.41, 5.74) is 0. The maximum Gasteiger partial charge on any atom is 0.133 e. The van der Waals surface area contributed by atoms with Gasteiger partial charge >= 0.3 is 0 Å². The van der Waals surface area contributed by atoms with Crippen molar-refractivity contribution in [2.75, 3.05) is 13.7 Å². The number of benzene rings is 1. The Kier molecular flexibility index (Phi) is 4.22. The van der Waals surface area contributed by atoms with E-state index in [-0.39, 0.29) is 6.61 Å². The average molecular weight is 261 g/mol. The van der Waals surface area contributed by atoms with Gasteiger partial charge in [-0.05, 0) is 41.1 Å². The first-order valence-corrected chi connectivity index (χ1v) is 5.07. The SMILES string of the molecule is COc1ccc(OC[C@H](C)O)c(Br)c1. The second-order valence-electron chi connectivity index (χ2n) is 2.96. The quantitative estimate of drug-likeness (QED) is 0.903. The molecular formula is C10H13BrO3. The van der Waals surface area contributed by atoms with E-state index >= 15 is 0 Å². The molecule has 3 nitrogen and oxygen atoms in total. The average Bonchev–Trinajstić information content (AvgIpc) is 2.15. The minimum atomic E-state index is -0.469. The number of ether oxygens (including phenoxy) is 2. The molecule has 1 aromatic rings. The number of aliphatic hydroxyl groups excluding tert-OH is 1. The first kappa shape index (κ1) is 11.3. The molecule has 0 fully saturated rings. The van der Waals surface area contributed by atoms with E-state index in [1.165, 1.54) is 0 Å². The van der Waals surface area contributed by atoms with Crippen molar-refractivity contribution >= 4 is 15.9 Å². The lowest BCUT2D eigenvalue weighted by atomic mass is 10.3. The summed E-state index contributed by atoms with van der Waals surface area (Å²) >= 11 is 3.35. The van der Waals surface area contributed by atoms with Gasteiger partial charge < -0.3 is 14.6 Å². The molecular weight excluding hydrogens is 248 g/mol. The predicted molar refractivity (Wildman–Crippen MR) is 57.9 cm³/mol. The Morgan fingerprint density at radius 2 is 2.21 bits per heavy atom. The van der Waals surface area contributed by atoms with Crippen molar-refractivity contribution in [3.63, 3.8) is 0 Å². The van der Waals surface area contributed by atoms with Gasteiger partial charge in [-0.1, -0.05) is 0 Å². The molecule has 0 bridgehead atoms. The molecule has 0 heterocycles. The zero-order valence-electron chi connectivity index (χ0n) is 8.16. The standard InChI is InChI=1S/C10H13BrO3/c1-7(12)6-14-10-4-3-8(13-2)5-9(10)11/h3-5,7,12H,6H2,1-2H3/t7-/m0/s1. The molecule has 0 amide bonds. The van der Waals surface area contributed by atoms with E-state index in [0.29, 0.717) is 5.75 Å². The minimum Gasteiger partial charge on any atom is -0.497 e. The van der Waals surface area contributed by atoms with E-state index in [1.807, 2.05) is 12.1 Å². The Morgan fingerprint density at radius 1 is 1.50 bits per heavy atom. The van der Waals surface area contributed by atoms with Gasteiger partial charge in [0.15, 0.2) is 0 Å². The highest BCUT2D eigenvalue weighted by Crippen LogP contribution is 2.29. The van der Waals surface area contributed by atoms with Crippen molar-refractivity contribution in [3.8, 4) is 11.5 Å². The van der Waals surface area contributed by atoms with Gasteiger partial charge in [-0.2, -0.15) is 0 Å². The molecule has 4 heteroatoms. The molecule has 0 aliphatic heterocycles. The van der Waals surface area contributed by atoms with Crippen molar-refractivity contribution < 1.29 is 14.6 Å². The van der Waals surface area contributed by atoms with Gasteiger partial charge in [-0.3, -0.25) is 0 Å². The minimum absolute atomic E-state index is 0.283. The third-order valence-electron chi connectivity index (χ3n) is 1.62. The highest BCUT2D eigenvalue weighted by molar-refractivity contribution is 9.10. The number of aliphatic hydroxyl groups is 1. The molecule has 1 rings (SSSR count). The number of halogens is 1. The highest BCUT2D eigenvalue weighted by atomic mass is 79.9. The lowest BCUT2D eigenvalue weighted by Gasteiger charge is -2.10. The van der Waals surface area contributed by atoms with E-state index in [0.717, 1.165) is 10.2 Å². The molecule has 0 saturated carbocycles. The summed E-state index contributed by atoms with van der Waals surface area (Å²) in [6, 6.07) is 5.42. The second kappa shape index (κ2) is 5.22. The molecule has 1 N–H and O–H groups in total. The summed E-state index contributed by atoms with van der Waals surface area (Å²) in [5.74, 6) is 1.47. The predicted octanol–water partition coefficient (Wildman–Crippen LogP) is 2.22. The molecule has 0 saturated heterocycles. The summed E-state index contributed by atoms with van der Waals surface area (Å²) in [6.07, 6.45) is -0.469. The summed E-state index contributed by atoms with van der Waals surface area (Å²) in [5, 5.41) is 9.04. The second-order valence-corrected chi connectivity index (χ2v) is 3.81. The van der Waals surface area contributed by atoms with Crippen molar-refractivity contribution in [2.24, 2.45) is 0 Å². The van der Waals surface area contributed by atoms with Crippen LogP contribution in [-0.4, -0.2) is 24.9 Å². The third-order valence-corrected chi connectivity index (χ3v) is 2.24. The van der Waals surface area contributed by atoms with Gasteiger partial charge in [0.1, 0.15) is 18.1 Å². The maximum absolute atomic E-state index is 9.04. The van der Waals surface area contributed by atoms with E-state index in [1.54, 1.807) is 20.1 Å². The third kappa shape index (κ3) is 3.20. The lowest BCUT2D eigenvalue weighted by molar-refractivity contribution is 0.122. The highest BCUT2D eigenvalue weighted by Gasteiger charge is 2.04. The Hall–Kier alpha value is -0.740. The number of methoxy groups -OCH3 is 1. The van der Waals surface area contributed by atoms with Crippen LogP contribution >= 0.6 is 15.9 Å². The largest absolute Gasteiger partial charge is 0.497 e. The van der Waals surface area contributed by atoms with Crippen LogP contribution in [0, 0.1) is 0 Å². The number of hydrogen-bond acceptors (Lipinski definition) is 3. The van der Waals surface area contributed by atoms with Gasteiger partial charge in [-0.15, -0.1) is 0 Å². The van der Waals surface area contributed by atoms with E-state index in [9.17, 15) is 0 Å². The number of hydrogen-bond donors (Lipinski definition) is 1. The smallest absolute Gasteiger partial charge is 0.133 e. The Labute approximate surface area is 91.8 Å². The number of rotatable bonds is 4. The monoisotopic (exact) mass is 260 g/mol. The zero-order chi connectivity index (χ0) is 10.6. The lowest BCUT2D eigenvalue weighted by Crippen LogP contribution is -2.12. The van der Waals surface area contributed by atoms with Crippen LogP contribution in [0.2, 0.25) is 0 Å². The Morgan fingerprint density at radius 3 is 2.71 bits per heavy atom.